The summed E-state index contributed by atoms with van der Waals surface area (Å²) in [5.74, 6) is -0.600. The molecule has 0 atom stereocenters. The summed E-state index contributed by atoms with van der Waals surface area (Å²) in [6.45, 7) is 7.12. The lowest BCUT2D eigenvalue weighted by Crippen LogP contribution is -2.41. The van der Waals surface area contributed by atoms with Gasteiger partial charge in [0.25, 0.3) is 0 Å². The molecule has 0 unspecified atom stereocenters. The summed E-state index contributed by atoms with van der Waals surface area (Å²) >= 11 is 0. The summed E-state index contributed by atoms with van der Waals surface area (Å²) in [5, 5.41) is 10.8. The lowest BCUT2D eigenvalue weighted by Gasteiger charge is -2.25. The molecule has 9 nitrogen and oxygen atoms in total. The number of carbonyl (C=O) groups excluding carboxylic acids is 2. The van der Waals surface area contributed by atoms with Crippen molar-refractivity contribution in [3.8, 4) is 0 Å². The Kier molecular flexibility index (Phi) is 6.72. The molecule has 1 amide bonds. The van der Waals surface area contributed by atoms with Crippen LogP contribution in [0, 0.1) is 6.92 Å². The Morgan fingerprint density at radius 2 is 1.93 bits per heavy atom. The predicted octanol–water partition coefficient (Wildman–Crippen LogP) is 1.08. The number of nitrogens with zero attached hydrogens (tertiary/aromatic N) is 4. The van der Waals surface area contributed by atoms with Crippen molar-refractivity contribution >= 4 is 17.7 Å². The Morgan fingerprint density at radius 3 is 2.61 bits per heavy atom. The molecule has 3 rings (SSSR count). The number of hydrogen-bond donors (Lipinski definition) is 1. The molecule has 1 aromatic heterocycles. The van der Waals surface area contributed by atoms with Crippen LogP contribution in [0.4, 0.5) is 5.82 Å². The Bertz CT molecular complexity index is 812. The van der Waals surface area contributed by atoms with Crippen molar-refractivity contribution in [1.82, 2.24) is 19.9 Å². The van der Waals surface area contributed by atoms with Crippen molar-refractivity contribution in [1.29, 1.82) is 0 Å². The second-order valence-corrected chi connectivity index (χ2v) is 6.59. The molecule has 2 heterocycles. The van der Waals surface area contributed by atoms with Crippen molar-refractivity contribution in [2.24, 2.45) is 0 Å². The minimum atomic E-state index is -0.612. The van der Waals surface area contributed by atoms with E-state index in [1.165, 1.54) is 4.68 Å². The van der Waals surface area contributed by atoms with Crippen LogP contribution in [0.15, 0.2) is 24.3 Å². The smallest absolute Gasteiger partial charge is 0.362 e. The van der Waals surface area contributed by atoms with Crippen LogP contribution in [0.3, 0.4) is 0 Å². The van der Waals surface area contributed by atoms with Crippen molar-refractivity contribution in [2.45, 2.75) is 20.4 Å². The number of morpholine rings is 1. The third-order valence-electron chi connectivity index (χ3n) is 4.39. The van der Waals surface area contributed by atoms with Gasteiger partial charge in [0, 0.05) is 13.1 Å². The molecule has 1 aromatic carbocycles. The number of aromatic nitrogens is 3. The molecular weight excluding hydrogens is 362 g/mol. The number of rotatable bonds is 7. The van der Waals surface area contributed by atoms with E-state index in [1.807, 2.05) is 36.1 Å². The highest BCUT2D eigenvalue weighted by Crippen LogP contribution is 2.17. The number of carbonyl (C=O) groups is 2. The molecule has 1 aliphatic rings. The topological polar surface area (TPSA) is 98.6 Å². The second kappa shape index (κ2) is 9.43. The molecule has 0 radical (unpaired) electrons. The van der Waals surface area contributed by atoms with Gasteiger partial charge in [-0.2, -0.15) is 0 Å². The largest absolute Gasteiger partial charge is 0.461 e. The van der Waals surface area contributed by atoms with E-state index >= 15 is 0 Å². The maximum Gasteiger partial charge on any atom is 0.362 e. The van der Waals surface area contributed by atoms with Gasteiger partial charge in [-0.25, -0.2) is 9.48 Å². The Hall–Kier alpha value is -2.78. The zero-order chi connectivity index (χ0) is 19.9. The Labute approximate surface area is 163 Å². The van der Waals surface area contributed by atoms with E-state index in [1.54, 1.807) is 6.92 Å². The zero-order valence-corrected chi connectivity index (χ0v) is 16.2. The van der Waals surface area contributed by atoms with Crippen LogP contribution >= 0.6 is 0 Å². The first-order valence-electron chi connectivity index (χ1n) is 9.33. The van der Waals surface area contributed by atoms with Crippen LogP contribution in [0.5, 0.6) is 0 Å². The molecule has 9 heteroatoms. The predicted molar refractivity (Wildman–Crippen MR) is 102 cm³/mol. The van der Waals surface area contributed by atoms with E-state index in [-0.39, 0.29) is 30.6 Å². The van der Waals surface area contributed by atoms with E-state index in [0.717, 1.165) is 11.1 Å². The van der Waals surface area contributed by atoms with Crippen molar-refractivity contribution < 1.29 is 19.1 Å². The van der Waals surface area contributed by atoms with Crippen LogP contribution in [0.25, 0.3) is 0 Å². The van der Waals surface area contributed by atoms with E-state index in [0.29, 0.717) is 32.8 Å². The van der Waals surface area contributed by atoms with E-state index in [9.17, 15) is 9.59 Å². The van der Waals surface area contributed by atoms with Gasteiger partial charge < -0.3 is 14.8 Å². The van der Waals surface area contributed by atoms with Crippen LogP contribution in [-0.4, -0.2) is 71.2 Å². The standard InChI is InChI=1S/C19H25N5O4/c1-3-28-19(26)17-18(20-16(25)13-23-8-10-27-11-9-23)24(22-21-17)12-15-6-4-14(2)5-7-15/h4-7H,3,8-13H2,1-2H3,(H,20,25). The lowest BCUT2D eigenvalue weighted by atomic mass is 10.1. The highest BCUT2D eigenvalue weighted by Gasteiger charge is 2.24. The summed E-state index contributed by atoms with van der Waals surface area (Å²) in [5.41, 5.74) is 2.13. The number of anilines is 1. The second-order valence-electron chi connectivity index (χ2n) is 6.59. The number of nitrogens with one attached hydrogen (secondary N) is 1. The first-order chi connectivity index (χ1) is 13.6. The summed E-state index contributed by atoms with van der Waals surface area (Å²) in [7, 11) is 0. The molecule has 0 aliphatic carbocycles. The maximum atomic E-state index is 12.5. The number of esters is 1. The highest BCUT2D eigenvalue weighted by molar-refractivity contribution is 5.99. The molecule has 1 aliphatic heterocycles. The summed E-state index contributed by atoms with van der Waals surface area (Å²) < 4.78 is 11.9. The molecule has 1 saturated heterocycles. The van der Waals surface area contributed by atoms with Crippen LogP contribution in [-0.2, 0) is 20.8 Å². The SMILES string of the molecule is CCOC(=O)c1nnn(Cc2ccc(C)cc2)c1NC(=O)CN1CCOCC1. The summed E-state index contributed by atoms with van der Waals surface area (Å²) in [6, 6.07) is 7.94. The third-order valence-corrected chi connectivity index (χ3v) is 4.39. The maximum absolute atomic E-state index is 12.5. The van der Waals surface area contributed by atoms with Gasteiger partial charge in [-0.05, 0) is 19.4 Å². The fourth-order valence-corrected chi connectivity index (χ4v) is 2.88. The summed E-state index contributed by atoms with van der Waals surface area (Å²) in [4.78, 5) is 26.8. The minimum Gasteiger partial charge on any atom is -0.461 e. The van der Waals surface area contributed by atoms with Gasteiger partial charge in [0.2, 0.25) is 11.6 Å². The molecule has 150 valence electrons. The molecule has 0 bridgehead atoms. The number of amides is 1. The van der Waals surface area contributed by atoms with Gasteiger partial charge in [0.1, 0.15) is 0 Å². The number of aryl methyl sites for hydroxylation is 1. The van der Waals surface area contributed by atoms with Gasteiger partial charge in [-0.3, -0.25) is 9.69 Å². The van der Waals surface area contributed by atoms with Gasteiger partial charge in [-0.15, -0.1) is 5.10 Å². The first-order valence-corrected chi connectivity index (χ1v) is 9.33. The van der Waals surface area contributed by atoms with Crippen LogP contribution in [0.1, 0.15) is 28.5 Å². The normalized spacial score (nSPS) is 14.6. The van der Waals surface area contributed by atoms with Crippen molar-refractivity contribution in [2.75, 3.05) is 44.8 Å². The molecule has 0 spiro atoms. The van der Waals surface area contributed by atoms with Crippen LogP contribution < -0.4 is 5.32 Å². The lowest BCUT2D eigenvalue weighted by molar-refractivity contribution is -0.118. The third kappa shape index (κ3) is 5.14. The quantitative estimate of drug-likeness (QED) is 0.710. The number of benzene rings is 1. The highest BCUT2D eigenvalue weighted by atomic mass is 16.5. The summed E-state index contributed by atoms with van der Waals surface area (Å²) in [6.07, 6.45) is 0. The number of hydrogen-bond acceptors (Lipinski definition) is 7. The molecule has 1 N–H and O–H groups in total. The Balaban J connectivity index is 1.78. The molecular formula is C19H25N5O4. The Morgan fingerprint density at radius 1 is 1.21 bits per heavy atom. The van der Waals surface area contributed by atoms with Crippen molar-refractivity contribution in [3.63, 3.8) is 0 Å². The fraction of sp³-hybridized carbons (Fsp3) is 0.474. The fourth-order valence-electron chi connectivity index (χ4n) is 2.88. The molecule has 2 aromatic rings. The van der Waals surface area contributed by atoms with Gasteiger partial charge >= 0.3 is 5.97 Å². The average Bonchev–Trinajstić information content (AvgIpc) is 3.07. The zero-order valence-electron chi connectivity index (χ0n) is 16.2. The van der Waals surface area contributed by atoms with Crippen LogP contribution in [0.2, 0.25) is 0 Å². The molecule has 0 saturated carbocycles. The van der Waals surface area contributed by atoms with E-state index in [2.05, 4.69) is 15.6 Å². The molecule has 1 fully saturated rings. The van der Waals surface area contributed by atoms with E-state index in [4.69, 9.17) is 9.47 Å². The van der Waals surface area contributed by atoms with Gasteiger partial charge in [0.15, 0.2) is 5.82 Å². The molecule has 28 heavy (non-hydrogen) atoms. The first kappa shape index (κ1) is 20.0. The van der Waals surface area contributed by atoms with E-state index < -0.39 is 5.97 Å². The number of ether oxygens (including phenoxy) is 2. The average molecular weight is 387 g/mol. The van der Waals surface area contributed by atoms with Gasteiger partial charge in [-0.1, -0.05) is 35.0 Å². The monoisotopic (exact) mass is 387 g/mol. The minimum absolute atomic E-state index is 0.00397. The van der Waals surface area contributed by atoms with Crippen molar-refractivity contribution in [3.05, 3.63) is 41.1 Å². The van der Waals surface area contributed by atoms with Gasteiger partial charge in [0.05, 0.1) is 32.9 Å².